The van der Waals surface area contributed by atoms with Crippen LogP contribution in [-0.2, 0) is 16.3 Å². The van der Waals surface area contributed by atoms with Gasteiger partial charge < -0.3 is 5.32 Å². The third-order valence-corrected chi connectivity index (χ3v) is 3.96. The Balaban J connectivity index is 2.15. The number of hydrogen-bond acceptors (Lipinski definition) is 5. The lowest BCUT2D eigenvalue weighted by molar-refractivity contribution is 0.596. The highest BCUT2D eigenvalue weighted by Gasteiger charge is 2.02. The average Bonchev–Trinajstić information content (AvgIpc) is 2.49. The van der Waals surface area contributed by atoms with Gasteiger partial charge in [0.2, 0.25) is 0 Å². The fraction of sp³-hybridized carbons (Fsp3) is 0.667. The average molecular weight is 248 g/mol. The van der Waals surface area contributed by atoms with Gasteiger partial charge in [0.25, 0.3) is 0 Å². The lowest BCUT2D eigenvalue weighted by atomic mass is 10.3. The number of nitrogens with zero attached hydrogens (tertiary/aromatic N) is 1. The molecular formula is C9H16N2O2S2. The minimum absolute atomic E-state index is 0.203. The number of sulfone groups is 1. The summed E-state index contributed by atoms with van der Waals surface area (Å²) in [6.45, 7) is 3.32. The Morgan fingerprint density at radius 1 is 1.47 bits per heavy atom. The molecule has 1 aromatic heterocycles. The summed E-state index contributed by atoms with van der Waals surface area (Å²) in [5.41, 5.74) is 2.91. The van der Waals surface area contributed by atoms with E-state index in [-0.39, 0.29) is 5.75 Å². The zero-order valence-electron chi connectivity index (χ0n) is 8.99. The first-order chi connectivity index (χ1) is 6.99. The summed E-state index contributed by atoms with van der Waals surface area (Å²) in [7, 11) is -2.84. The molecule has 0 saturated carbocycles. The van der Waals surface area contributed by atoms with Gasteiger partial charge >= 0.3 is 0 Å². The van der Waals surface area contributed by atoms with Crippen LogP contribution in [0.3, 0.4) is 0 Å². The van der Waals surface area contributed by atoms with E-state index in [1.165, 1.54) is 11.1 Å². The van der Waals surface area contributed by atoms with Crippen molar-refractivity contribution in [3.63, 3.8) is 0 Å². The second kappa shape index (κ2) is 5.58. The van der Waals surface area contributed by atoms with Crippen molar-refractivity contribution in [2.75, 3.05) is 25.1 Å². The molecule has 0 aliphatic carbocycles. The molecule has 0 aromatic carbocycles. The van der Waals surface area contributed by atoms with Crippen molar-refractivity contribution < 1.29 is 8.42 Å². The predicted molar refractivity (Wildman–Crippen MR) is 63.1 cm³/mol. The molecule has 4 nitrogen and oxygen atoms in total. The number of thiazole rings is 1. The van der Waals surface area contributed by atoms with Crippen LogP contribution in [0.5, 0.6) is 0 Å². The molecule has 0 atom stereocenters. The van der Waals surface area contributed by atoms with Crippen LogP contribution >= 0.6 is 11.3 Å². The maximum absolute atomic E-state index is 10.8. The smallest absolute Gasteiger partial charge is 0.148 e. The normalized spacial score (nSPS) is 11.9. The summed E-state index contributed by atoms with van der Waals surface area (Å²) in [5, 5.41) is 3.11. The van der Waals surface area contributed by atoms with E-state index in [1.54, 1.807) is 11.3 Å². The standard InChI is InChI=1S/C9H16N2O2S2/c1-8-9(14-7-11-8)3-4-10-5-6-15(2,12)13/h7,10H,3-6H2,1-2H3. The summed E-state index contributed by atoms with van der Waals surface area (Å²) in [5.74, 6) is 0.203. The molecule has 0 bridgehead atoms. The molecular weight excluding hydrogens is 232 g/mol. The van der Waals surface area contributed by atoms with Gasteiger partial charge in [-0.2, -0.15) is 0 Å². The van der Waals surface area contributed by atoms with E-state index in [0.29, 0.717) is 6.54 Å². The number of nitrogens with one attached hydrogen (secondary N) is 1. The first-order valence-electron chi connectivity index (χ1n) is 4.76. The summed E-state index contributed by atoms with van der Waals surface area (Å²) in [6.07, 6.45) is 2.17. The highest BCUT2D eigenvalue weighted by molar-refractivity contribution is 7.90. The van der Waals surface area contributed by atoms with Gasteiger partial charge in [-0.1, -0.05) is 0 Å². The lowest BCUT2D eigenvalue weighted by Gasteiger charge is -2.02. The van der Waals surface area contributed by atoms with Gasteiger partial charge in [-0.25, -0.2) is 13.4 Å². The van der Waals surface area contributed by atoms with Crippen molar-refractivity contribution in [1.29, 1.82) is 0 Å². The predicted octanol–water partition coefficient (Wildman–Crippen LogP) is 0.628. The molecule has 0 saturated heterocycles. The minimum atomic E-state index is -2.84. The van der Waals surface area contributed by atoms with Gasteiger partial charge in [-0.15, -0.1) is 11.3 Å². The fourth-order valence-corrected chi connectivity index (χ4v) is 2.45. The Hall–Kier alpha value is -0.460. The Morgan fingerprint density at radius 3 is 2.73 bits per heavy atom. The molecule has 0 amide bonds. The maximum atomic E-state index is 10.8. The highest BCUT2D eigenvalue weighted by Crippen LogP contribution is 2.11. The topological polar surface area (TPSA) is 59.1 Å². The van der Waals surface area contributed by atoms with Gasteiger partial charge in [0.15, 0.2) is 0 Å². The zero-order chi connectivity index (χ0) is 11.3. The van der Waals surface area contributed by atoms with E-state index in [1.807, 2.05) is 12.4 Å². The van der Waals surface area contributed by atoms with Crippen LogP contribution in [0.15, 0.2) is 5.51 Å². The summed E-state index contributed by atoms with van der Waals surface area (Å²) < 4.78 is 21.7. The number of rotatable bonds is 6. The van der Waals surface area contributed by atoms with Gasteiger partial charge in [0, 0.05) is 24.2 Å². The third-order valence-electron chi connectivity index (χ3n) is 2.02. The van der Waals surface area contributed by atoms with Gasteiger partial charge in [-0.05, 0) is 13.3 Å². The van der Waals surface area contributed by atoms with Crippen LogP contribution in [0.25, 0.3) is 0 Å². The SMILES string of the molecule is Cc1ncsc1CCNCCS(C)(=O)=O. The Kier molecular flexibility index (Phi) is 4.69. The zero-order valence-corrected chi connectivity index (χ0v) is 10.6. The van der Waals surface area contributed by atoms with Gasteiger partial charge in [-0.3, -0.25) is 0 Å². The molecule has 86 valence electrons. The van der Waals surface area contributed by atoms with Crippen LogP contribution < -0.4 is 5.32 Å². The van der Waals surface area contributed by atoms with E-state index in [9.17, 15) is 8.42 Å². The molecule has 1 rings (SSSR count). The van der Waals surface area contributed by atoms with Crippen LogP contribution in [0.2, 0.25) is 0 Å². The van der Waals surface area contributed by atoms with Crippen molar-refractivity contribution in [2.45, 2.75) is 13.3 Å². The van der Waals surface area contributed by atoms with Gasteiger partial charge in [0.1, 0.15) is 9.84 Å². The van der Waals surface area contributed by atoms with Crippen LogP contribution in [0, 0.1) is 6.92 Å². The van der Waals surface area contributed by atoms with E-state index < -0.39 is 9.84 Å². The Morgan fingerprint density at radius 2 is 2.20 bits per heavy atom. The third kappa shape index (κ3) is 5.25. The maximum Gasteiger partial charge on any atom is 0.148 e. The molecule has 0 spiro atoms. The van der Waals surface area contributed by atoms with E-state index in [2.05, 4.69) is 10.3 Å². The number of aromatic nitrogens is 1. The van der Waals surface area contributed by atoms with Crippen molar-refractivity contribution in [2.24, 2.45) is 0 Å². The monoisotopic (exact) mass is 248 g/mol. The quantitative estimate of drug-likeness (QED) is 0.750. The van der Waals surface area contributed by atoms with Crippen LogP contribution in [-0.4, -0.2) is 38.5 Å². The molecule has 0 unspecified atom stereocenters. The molecule has 6 heteroatoms. The lowest BCUT2D eigenvalue weighted by Crippen LogP contribution is -2.24. The molecule has 0 fully saturated rings. The summed E-state index contributed by atoms with van der Waals surface area (Å²) in [6, 6.07) is 0. The van der Waals surface area contributed by atoms with E-state index in [4.69, 9.17) is 0 Å². The first kappa shape index (κ1) is 12.6. The molecule has 1 heterocycles. The second-order valence-corrected chi connectivity index (χ2v) is 6.69. The second-order valence-electron chi connectivity index (χ2n) is 3.49. The van der Waals surface area contributed by atoms with Crippen molar-refractivity contribution in [3.8, 4) is 0 Å². The molecule has 0 radical (unpaired) electrons. The number of aryl methyl sites for hydroxylation is 1. The molecule has 1 N–H and O–H groups in total. The van der Waals surface area contributed by atoms with Crippen molar-refractivity contribution >= 4 is 21.2 Å². The largest absolute Gasteiger partial charge is 0.315 e. The van der Waals surface area contributed by atoms with Crippen LogP contribution in [0.4, 0.5) is 0 Å². The number of hydrogen-bond donors (Lipinski definition) is 1. The van der Waals surface area contributed by atoms with Gasteiger partial charge in [0.05, 0.1) is 17.0 Å². The summed E-state index contributed by atoms with van der Waals surface area (Å²) >= 11 is 1.64. The Labute approximate surface area is 94.7 Å². The Bertz CT molecular complexity index is 398. The molecule has 1 aromatic rings. The van der Waals surface area contributed by atoms with E-state index >= 15 is 0 Å². The molecule has 0 aliphatic rings. The summed E-state index contributed by atoms with van der Waals surface area (Å²) in [4.78, 5) is 5.42. The van der Waals surface area contributed by atoms with E-state index in [0.717, 1.165) is 18.7 Å². The van der Waals surface area contributed by atoms with Crippen molar-refractivity contribution in [3.05, 3.63) is 16.1 Å². The van der Waals surface area contributed by atoms with Crippen molar-refractivity contribution in [1.82, 2.24) is 10.3 Å². The minimum Gasteiger partial charge on any atom is -0.315 e. The fourth-order valence-electron chi connectivity index (χ4n) is 1.15. The molecule has 15 heavy (non-hydrogen) atoms. The molecule has 0 aliphatic heterocycles. The first-order valence-corrected chi connectivity index (χ1v) is 7.70. The highest BCUT2D eigenvalue weighted by atomic mass is 32.2. The van der Waals surface area contributed by atoms with Crippen LogP contribution in [0.1, 0.15) is 10.6 Å².